The number of aliphatic hydroxyl groups is 1. The monoisotopic (exact) mass is 262 g/mol. The zero-order valence-electron chi connectivity index (χ0n) is 11.4. The van der Waals surface area contributed by atoms with Gasteiger partial charge in [0.2, 0.25) is 0 Å². The molecular formula is C15H18O4. The van der Waals surface area contributed by atoms with Crippen molar-refractivity contribution in [2.75, 3.05) is 0 Å². The van der Waals surface area contributed by atoms with Crippen LogP contribution < -0.4 is 5.43 Å². The van der Waals surface area contributed by atoms with E-state index in [0.717, 1.165) is 0 Å². The molecule has 1 heterocycles. The maximum absolute atomic E-state index is 11.9. The second-order valence-electron chi connectivity index (χ2n) is 5.47. The van der Waals surface area contributed by atoms with E-state index in [9.17, 15) is 15.0 Å². The van der Waals surface area contributed by atoms with Crippen molar-refractivity contribution in [3.63, 3.8) is 0 Å². The van der Waals surface area contributed by atoms with Crippen LogP contribution in [-0.4, -0.2) is 15.8 Å². The van der Waals surface area contributed by atoms with E-state index < -0.39 is 5.60 Å². The van der Waals surface area contributed by atoms with Gasteiger partial charge < -0.3 is 14.6 Å². The summed E-state index contributed by atoms with van der Waals surface area (Å²) in [5.74, 6) is 0.595. The average molecular weight is 262 g/mol. The largest absolute Gasteiger partial charge is 0.508 e. The molecule has 0 unspecified atom stereocenters. The van der Waals surface area contributed by atoms with Gasteiger partial charge in [-0.1, -0.05) is 0 Å². The van der Waals surface area contributed by atoms with E-state index in [-0.39, 0.29) is 11.2 Å². The molecule has 4 heteroatoms. The van der Waals surface area contributed by atoms with Crippen LogP contribution in [0.2, 0.25) is 0 Å². The first kappa shape index (κ1) is 13.6. The lowest BCUT2D eigenvalue weighted by molar-refractivity contribution is 0.0713. The first-order valence-corrected chi connectivity index (χ1v) is 6.25. The number of fused-ring (bicyclic) bond motifs is 1. The van der Waals surface area contributed by atoms with Gasteiger partial charge in [0.25, 0.3) is 0 Å². The Bertz CT molecular complexity index is 662. The molecule has 0 aliphatic carbocycles. The van der Waals surface area contributed by atoms with Crippen molar-refractivity contribution < 1.29 is 14.6 Å². The van der Waals surface area contributed by atoms with Gasteiger partial charge in [-0.15, -0.1) is 0 Å². The van der Waals surface area contributed by atoms with Crippen molar-refractivity contribution in [2.45, 2.75) is 39.2 Å². The fourth-order valence-electron chi connectivity index (χ4n) is 2.05. The van der Waals surface area contributed by atoms with E-state index in [1.807, 2.05) is 0 Å². The SMILES string of the molecule is Cc1cc(=O)c2ccc(O)c(CCC(C)(C)O)c2o1. The Morgan fingerprint density at radius 1 is 1.32 bits per heavy atom. The van der Waals surface area contributed by atoms with E-state index >= 15 is 0 Å². The van der Waals surface area contributed by atoms with Crippen LogP contribution >= 0.6 is 0 Å². The Kier molecular flexibility index (Phi) is 3.37. The molecule has 0 saturated carbocycles. The topological polar surface area (TPSA) is 70.7 Å². The lowest BCUT2D eigenvalue weighted by atomic mass is 9.97. The van der Waals surface area contributed by atoms with Gasteiger partial charge in [0.1, 0.15) is 17.1 Å². The molecule has 0 bridgehead atoms. The van der Waals surface area contributed by atoms with Crippen molar-refractivity contribution in [1.29, 1.82) is 0 Å². The molecule has 1 aromatic carbocycles. The van der Waals surface area contributed by atoms with Crippen LogP contribution in [0.5, 0.6) is 5.75 Å². The lowest BCUT2D eigenvalue weighted by Gasteiger charge is -2.17. The fourth-order valence-corrected chi connectivity index (χ4v) is 2.05. The zero-order chi connectivity index (χ0) is 14.2. The molecule has 2 aromatic rings. The van der Waals surface area contributed by atoms with Crippen LogP contribution in [0.15, 0.2) is 27.4 Å². The molecule has 0 amide bonds. The summed E-state index contributed by atoms with van der Waals surface area (Å²) in [6.07, 6.45) is 0.913. The maximum atomic E-state index is 11.9. The summed E-state index contributed by atoms with van der Waals surface area (Å²) in [7, 11) is 0. The summed E-state index contributed by atoms with van der Waals surface area (Å²) >= 11 is 0. The number of aryl methyl sites for hydroxylation is 2. The first-order valence-electron chi connectivity index (χ1n) is 6.25. The minimum absolute atomic E-state index is 0.0884. The van der Waals surface area contributed by atoms with E-state index in [4.69, 9.17) is 4.42 Å². The van der Waals surface area contributed by atoms with Gasteiger partial charge in [-0.3, -0.25) is 4.79 Å². The van der Waals surface area contributed by atoms with Gasteiger partial charge >= 0.3 is 0 Å². The summed E-state index contributed by atoms with van der Waals surface area (Å²) in [5, 5.41) is 20.2. The highest BCUT2D eigenvalue weighted by Gasteiger charge is 2.17. The Morgan fingerprint density at radius 3 is 2.63 bits per heavy atom. The summed E-state index contributed by atoms with van der Waals surface area (Å²) < 4.78 is 5.58. The summed E-state index contributed by atoms with van der Waals surface area (Å²) in [6.45, 7) is 5.11. The summed E-state index contributed by atoms with van der Waals surface area (Å²) in [4.78, 5) is 11.9. The van der Waals surface area contributed by atoms with E-state index in [1.165, 1.54) is 12.1 Å². The van der Waals surface area contributed by atoms with E-state index in [2.05, 4.69) is 0 Å². The van der Waals surface area contributed by atoms with Crippen LogP contribution in [0.1, 0.15) is 31.6 Å². The van der Waals surface area contributed by atoms with E-state index in [0.29, 0.717) is 35.1 Å². The Hall–Kier alpha value is -1.81. The number of hydrogen-bond donors (Lipinski definition) is 2. The number of benzene rings is 1. The quantitative estimate of drug-likeness (QED) is 0.891. The molecule has 19 heavy (non-hydrogen) atoms. The number of phenols is 1. The molecule has 0 saturated heterocycles. The van der Waals surface area contributed by atoms with Crippen molar-refractivity contribution in [1.82, 2.24) is 0 Å². The highest BCUT2D eigenvalue weighted by Crippen LogP contribution is 2.28. The number of rotatable bonds is 3. The van der Waals surface area contributed by atoms with Gasteiger partial charge in [0, 0.05) is 11.6 Å². The minimum atomic E-state index is -0.835. The van der Waals surface area contributed by atoms with Gasteiger partial charge in [-0.05, 0) is 45.7 Å². The second kappa shape index (κ2) is 4.70. The molecule has 0 radical (unpaired) electrons. The third-order valence-corrected chi connectivity index (χ3v) is 3.09. The van der Waals surface area contributed by atoms with Gasteiger partial charge in [0.05, 0.1) is 11.0 Å². The minimum Gasteiger partial charge on any atom is -0.508 e. The van der Waals surface area contributed by atoms with Gasteiger partial charge in [-0.2, -0.15) is 0 Å². The molecule has 0 aliphatic heterocycles. The maximum Gasteiger partial charge on any atom is 0.192 e. The Balaban J connectivity index is 2.58. The molecule has 0 spiro atoms. The third-order valence-electron chi connectivity index (χ3n) is 3.09. The summed E-state index contributed by atoms with van der Waals surface area (Å²) in [6, 6.07) is 4.48. The van der Waals surface area contributed by atoms with Crippen molar-refractivity contribution >= 4 is 11.0 Å². The lowest BCUT2D eigenvalue weighted by Crippen LogP contribution is -2.19. The van der Waals surface area contributed by atoms with Crippen molar-refractivity contribution in [2.24, 2.45) is 0 Å². The molecule has 1 aromatic heterocycles. The van der Waals surface area contributed by atoms with Crippen molar-refractivity contribution in [3.8, 4) is 5.75 Å². The molecule has 0 aliphatic rings. The normalized spacial score (nSPS) is 12.0. The average Bonchev–Trinajstić information content (AvgIpc) is 2.25. The van der Waals surface area contributed by atoms with Gasteiger partial charge in [0.15, 0.2) is 5.43 Å². The van der Waals surface area contributed by atoms with Gasteiger partial charge in [-0.25, -0.2) is 0 Å². The molecule has 0 atom stereocenters. The molecule has 4 nitrogen and oxygen atoms in total. The smallest absolute Gasteiger partial charge is 0.192 e. The number of phenolic OH excluding ortho intramolecular Hbond substituents is 1. The number of hydrogen-bond acceptors (Lipinski definition) is 4. The van der Waals surface area contributed by atoms with Crippen molar-refractivity contribution in [3.05, 3.63) is 39.7 Å². The fraction of sp³-hybridized carbons (Fsp3) is 0.400. The van der Waals surface area contributed by atoms with Crippen LogP contribution in [0.3, 0.4) is 0 Å². The molecular weight excluding hydrogens is 244 g/mol. The zero-order valence-corrected chi connectivity index (χ0v) is 11.4. The predicted octanol–water partition coefficient (Wildman–Crippen LogP) is 2.51. The second-order valence-corrected chi connectivity index (χ2v) is 5.47. The van der Waals surface area contributed by atoms with Crippen LogP contribution in [0.25, 0.3) is 11.0 Å². The molecule has 2 rings (SSSR count). The van der Waals surface area contributed by atoms with Crippen LogP contribution in [-0.2, 0) is 6.42 Å². The Labute approximate surface area is 111 Å². The molecule has 0 fully saturated rings. The predicted molar refractivity (Wildman–Crippen MR) is 73.5 cm³/mol. The highest BCUT2D eigenvalue weighted by molar-refractivity contribution is 5.82. The van der Waals surface area contributed by atoms with Crippen LogP contribution in [0.4, 0.5) is 0 Å². The van der Waals surface area contributed by atoms with Crippen LogP contribution in [0, 0.1) is 6.92 Å². The standard InChI is InChI=1S/C15H18O4/c1-9-8-13(17)10-4-5-12(16)11(14(10)19-9)6-7-15(2,3)18/h4-5,8,16,18H,6-7H2,1-3H3. The molecule has 2 N–H and O–H groups in total. The number of aromatic hydroxyl groups is 1. The summed E-state index contributed by atoms with van der Waals surface area (Å²) in [5.41, 5.74) is 0.0246. The Morgan fingerprint density at radius 2 is 2.00 bits per heavy atom. The highest BCUT2D eigenvalue weighted by atomic mass is 16.3. The molecule has 102 valence electrons. The van der Waals surface area contributed by atoms with E-state index in [1.54, 1.807) is 26.8 Å². The first-order chi connectivity index (χ1) is 8.78. The third kappa shape index (κ3) is 2.96.